The number of thiazole rings is 1. The fraction of sp³-hybridized carbons (Fsp3) is 0.385. The Morgan fingerprint density at radius 1 is 1.30 bits per heavy atom. The van der Waals surface area contributed by atoms with Crippen LogP contribution < -0.4 is 10.6 Å². The third-order valence-corrected chi connectivity index (χ3v) is 3.40. The number of amides is 1. The van der Waals surface area contributed by atoms with Gasteiger partial charge in [-0.2, -0.15) is 0 Å². The van der Waals surface area contributed by atoms with Crippen molar-refractivity contribution in [3.8, 4) is 0 Å². The lowest BCUT2D eigenvalue weighted by Crippen LogP contribution is -2.26. The lowest BCUT2D eigenvalue weighted by Gasteiger charge is -2.05. The van der Waals surface area contributed by atoms with E-state index < -0.39 is 0 Å². The number of carbonyl (C=O) groups excluding carboxylic acids is 1. The molecule has 0 spiro atoms. The normalized spacial score (nSPS) is 10.2. The summed E-state index contributed by atoms with van der Waals surface area (Å²) in [6.07, 6.45) is 3.50. The van der Waals surface area contributed by atoms with Gasteiger partial charge in [0.1, 0.15) is 5.82 Å². The highest BCUT2D eigenvalue weighted by molar-refractivity contribution is 7.09. The van der Waals surface area contributed by atoms with E-state index in [1.165, 1.54) is 0 Å². The van der Waals surface area contributed by atoms with E-state index in [0.29, 0.717) is 18.1 Å². The Kier molecular flexibility index (Phi) is 5.43. The van der Waals surface area contributed by atoms with Crippen LogP contribution in [0.15, 0.2) is 23.7 Å². The summed E-state index contributed by atoms with van der Waals surface area (Å²) in [7, 11) is 0. The molecule has 2 heterocycles. The molecule has 0 fully saturated rings. The fourth-order valence-electron chi connectivity index (χ4n) is 1.55. The molecule has 0 saturated carbocycles. The Balaban J connectivity index is 1.79. The molecule has 0 aliphatic rings. The Morgan fingerprint density at radius 3 is 2.85 bits per heavy atom. The highest BCUT2D eigenvalue weighted by Gasteiger charge is 2.07. The second kappa shape index (κ2) is 7.54. The molecule has 2 rings (SSSR count). The van der Waals surface area contributed by atoms with Crippen molar-refractivity contribution in [1.29, 1.82) is 0 Å². The average molecular weight is 291 g/mol. The molecule has 20 heavy (non-hydrogen) atoms. The zero-order chi connectivity index (χ0) is 14.2. The maximum atomic E-state index is 11.8. The van der Waals surface area contributed by atoms with Gasteiger partial charge >= 0.3 is 0 Å². The molecule has 0 radical (unpaired) electrons. The Hall–Kier alpha value is -2.02. The third kappa shape index (κ3) is 4.27. The Bertz CT molecular complexity index is 526. The van der Waals surface area contributed by atoms with Crippen LogP contribution in [0, 0.1) is 0 Å². The van der Waals surface area contributed by atoms with Crippen LogP contribution in [0.1, 0.15) is 28.8 Å². The van der Waals surface area contributed by atoms with Gasteiger partial charge in [0.05, 0.1) is 5.01 Å². The van der Waals surface area contributed by atoms with Gasteiger partial charge in [-0.3, -0.25) is 4.79 Å². The number of rotatable bonds is 7. The Morgan fingerprint density at radius 2 is 2.20 bits per heavy atom. The minimum atomic E-state index is -0.212. The van der Waals surface area contributed by atoms with Crippen LogP contribution in [0.2, 0.25) is 0 Å². The first-order valence-corrected chi connectivity index (χ1v) is 7.41. The molecular weight excluding hydrogens is 274 g/mol. The summed E-state index contributed by atoms with van der Waals surface area (Å²) in [5.74, 6) is 0.474. The highest BCUT2D eigenvalue weighted by atomic mass is 32.1. The largest absolute Gasteiger partial charge is 0.369 e. The van der Waals surface area contributed by atoms with E-state index in [1.54, 1.807) is 29.7 Å². The molecule has 106 valence electrons. The van der Waals surface area contributed by atoms with E-state index in [-0.39, 0.29) is 5.91 Å². The molecule has 2 aromatic rings. The molecule has 0 aliphatic carbocycles. The molecular formula is C13H17N5OS. The predicted octanol–water partition coefficient (Wildman–Crippen LogP) is 1.73. The number of hydrogen-bond acceptors (Lipinski definition) is 6. The van der Waals surface area contributed by atoms with Crippen molar-refractivity contribution < 1.29 is 4.79 Å². The maximum absolute atomic E-state index is 11.8. The lowest BCUT2D eigenvalue weighted by atomic mass is 10.3. The molecule has 2 aromatic heterocycles. The van der Waals surface area contributed by atoms with Crippen molar-refractivity contribution in [3.05, 3.63) is 34.4 Å². The van der Waals surface area contributed by atoms with Gasteiger partial charge < -0.3 is 10.6 Å². The topological polar surface area (TPSA) is 79.8 Å². The summed E-state index contributed by atoms with van der Waals surface area (Å²) in [4.78, 5) is 16.0. The highest BCUT2D eigenvalue weighted by Crippen LogP contribution is 2.04. The molecule has 0 unspecified atom stereocenters. The zero-order valence-electron chi connectivity index (χ0n) is 11.3. The van der Waals surface area contributed by atoms with E-state index in [2.05, 4.69) is 32.7 Å². The summed E-state index contributed by atoms with van der Waals surface area (Å²) < 4.78 is 0. The van der Waals surface area contributed by atoms with Gasteiger partial charge in [-0.05, 0) is 18.6 Å². The quantitative estimate of drug-likeness (QED) is 0.812. The molecule has 2 N–H and O–H groups in total. The minimum absolute atomic E-state index is 0.212. The van der Waals surface area contributed by atoms with Crippen LogP contribution in [0.4, 0.5) is 5.82 Å². The second-order valence-electron chi connectivity index (χ2n) is 4.16. The van der Waals surface area contributed by atoms with Crippen LogP contribution in [-0.4, -0.2) is 34.2 Å². The number of nitrogens with zero attached hydrogens (tertiary/aromatic N) is 3. The summed E-state index contributed by atoms with van der Waals surface area (Å²) >= 11 is 1.58. The van der Waals surface area contributed by atoms with E-state index in [1.807, 2.05) is 5.38 Å². The predicted molar refractivity (Wildman–Crippen MR) is 79.0 cm³/mol. The minimum Gasteiger partial charge on any atom is -0.369 e. The van der Waals surface area contributed by atoms with Crippen molar-refractivity contribution in [3.63, 3.8) is 0 Å². The Labute approximate surface area is 121 Å². The zero-order valence-corrected chi connectivity index (χ0v) is 12.1. The van der Waals surface area contributed by atoms with Crippen molar-refractivity contribution in [2.45, 2.75) is 19.8 Å². The van der Waals surface area contributed by atoms with Crippen LogP contribution >= 0.6 is 11.3 Å². The fourth-order valence-corrected chi connectivity index (χ4v) is 2.17. The van der Waals surface area contributed by atoms with Gasteiger partial charge in [0.25, 0.3) is 5.91 Å². The molecule has 0 bridgehead atoms. The molecule has 7 heteroatoms. The molecule has 1 amide bonds. The van der Waals surface area contributed by atoms with Crippen LogP contribution in [0.25, 0.3) is 0 Å². The first-order valence-electron chi connectivity index (χ1n) is 6.53. The smallest absolute Gasteiger partial charge is 0.271 e. The van der Waals surface area contributed by atoms with Gasteiger partial charge in [-0.15, -0.1) is 21.5 Å². The number of hydrogen-bond donors (Lipinski definition) is 2. The number of nitrogens with one attached hydrogen (secondary N) is 2. The van der Waals surface area contributed by atoms with E-state index in [4.69, 9.17) is 0 Å². The first kappa shape index (κ1) is 14.4. The van der Waals surface area contributed by atoms with Gasteiger partial charge in [0.15, 0.2) is 5.69 Å². The average Bonchev–Trinajstić information content (AvgIpc) is 2.99. The lowest BCUT2D eigenvalue weighted by molar-refractivity contribution is 0.0948. The second-order valence-corrected chi connectivity index (χ2v) is 5.14. The van der Waals surface area contributed by atoms with E-state index in [9.17, 15) is 4.79 Å². The molecule has 0 aliphatic heterocycles. The van der Waals surface area contributed by atoms with E-state index in [0.717, 1.165) is 24.4 Å². The third-order valence-electron chi connectivity index (χ3n) is 2.56. The van der Waals surface area contributed by atoms with Gasteiger partial charge in [0.2, 0.25) is 0 Å². The number of carbonyl (C=O) groups is 1. The van der Waals surface area contributed by atoms with Crippen molar-refractivity contribution in [2.24, 2.45) is 0 Å². The molecule has 6 nitrogen and oxygen atoms in total. The van der Waals surface area contributed by atoms with Crippen molar-refractivity contribution in [1.82, 2.24) is 20.5 Å². The van der Waals surface area contributed by atoms with Crippen LogP contribution in [-0.2, 0) is 6.42 Å². The summed E-state index contributed by atoms with van der Waals surface area (Å²) in [6, 6.07) is 3.43. The molecule has 0 atom stereocenters. The standard InChI is InChI=1S/C13H17N5OS/c1-2-6-14-11-4-3-10(17-18-11)13(19)16-7-5-12-15-8-9-20-12/h3-4,8-9H,2,5-7H2,1H3,(H,14,18)(H,16,19). The SMILES string of the molecule is CCCNc1ccc(C(=O)NCCc2nccs2)nn1. The maximum Gasteiger partial charge on any atom is 0.271 e. The van der Waals surface area contributed by atoms with Gasteiger partial charge in [-0.25, -0.2) is 4.98 Å². The first-order chi connectivity index (χ1) is 9.79. The van der Waals surface area contributed by atoms with Crippen molar-refractivity contribution in [2.75, 3.05) is 18.4 Å². The molecule has 0 saturated heterocycles. The number of anilines is 1. The van der Waals surface area contributed by atoms with Crippen LogP contribution in [0.3, 0.4) is 0 Å². The summed E-state index contributed by atoms with van der Waals surface area (Å²) in [5.41, 5.74) is 0.325. The van der Waals surface area contributed by atoms with Gasteiger partial charge in [0, 0.05) is 31.1 Å². The number of aromatic nitrogens is 3. The monoisotopic (exact) mass is 291 g/mol. The molecule has 0 aromatic carbocycles. The van der Waals surface area contributed by atoms with Crippen LogP contribution in [0.5, 0.6) is 0 Å². The van der Waals surface area contributed by atoms with E-state index >= 15 is 0 Å². The van der Waals surface area contributed by atoms with Gasteiger partial charge in [-0.1, -0.05) is 6.92 Å². The van der Waals surface area contributed by atoms with Crippen molar-refractivity contribution >= 4 is 23.1 Å². The summed E-state index contributed by atoms with van der Waals surface area (Å²) in [5, 5.41) is 16.7. The summed E-state index contributed by atoms with van der Waals surface area (Å²) in [6.45, 7) is 3.46.